The Bertz CT molecular complexity index is 1210. The third-order valence-electron chi connectivity index (χ3n) is 6.75. The van der Waals surface area contributed by atoms with Gasteiger partial charge in [-0.05, 0) is 43.4 Å². The molecular weight excluding hydrogens is 436 g/mol. The number of anilines is 1. The molecule has 1 N–H and O–H groups in total. The molecule has 0 spiro atoms. The Kier molecular flexibility index (Phi) is 6.35. The van der Waals surface area contributed by atoms with Crippen molar-refractivity contribution in [2.45, 2.75) is 44.9 Å². The Morgan fingerprint density at radius 1 is 1.15 bits per heavy atom. The lowest BCUT2D eigenvalue weighted by Gasteiger charge is -2.36. The van der Waals surface area contributed by atoms with Crippen LogP contribution in [0.5, 0.6) is 5.75 Å². The van der Waals surface area contributed by atoms with Gasteiger partial charge in [-0.1, -0.05) is 12.5 Å². The van der Waals surface area contributed by atoms with Gasteiger partial charge in [-0.2, -0.15) is 0 Å². The standard InChI is InChI=1S/C25H30N4O3S/c1-32-18-7-5-6-17(16-18)28-12-14-29(15-13-28)22(30)11-10-21-26-24(31)23-19-8-3-2-4-9-20(19)33-25(23)27-21/h5-7,16H,2-4,8-15H2,1H3,(H,26,27,31). The van der Waals surface area contributed by atoms with Crippen molar-refractivity contribution in [3.8, 4) is 5.75 Å². The normalized spacial score (nSPS) is 16.5. The van der Waals surface area contributed by atoms with Gasteiger partial charge in [-0.25, -0.2) is 4.98 Å². The van der Waals surface area contributed by atoms with Crippen molar-refractivity contribution >= 4 is 33.1 Å². The molecule has 2 aromatic heterocycles. The summed E-state index contributed by atoms with van der Waals surface area (Å²) in [7, 11) is 1.67. The highest BCUT2D eigenvalue weighted by molar-refractivity contribution is 7.18. The molecule has 1 aliphatic heterocycles. The van der Waals surface area contributed by atoms with Crippen LogP contribution in [0.25, 0.3) is 10.2 Å². The highest BCUT2D eigenvalue weighted by atomic mass is 32.1. The molecule has 3 heterocycles. The number of aryl methyl sites for hydroxylation is 3. The van der Waals surface area contributed by atoms with Gasteiger partial charge < -0.3 is 19.5 Å². The molecule has 33 heavy (non-hydrogen) atoms. The van der Waals surface area contributed by atoms with Crippen molar-refractivity contribution in [3.63, 3.8) is 0 Å². The quantitative estimate of drug-likeness (QED) is 0.582. The molecule has 1 aliphatic carbocycles. The molecule has 8 heteroatoms. The number of ether oxygens (including phenoxy) is 1. The van der Waals surface area contributed by atoms with E-state index in [1.54, 1.807) is 18.4 Å². The number of aromatic amines is 1. The van der Waals surface area contributed by atoms with Crippen molar-refractivity contribution in [1.29, 1.82) is 0 Å². The summed E-state index contributed by atoms with van der Waals surface area (Å²) in [5.41, 5.74) is 2.28. The van der Waals surface area contributed by atoms with Crippen molar-refractivity contribution in [1.82, 2.24) is 14.9 Å². The number of benzene rings is 1. The fourth-order valence-corrected chi connectivity index (χ4v) is 6.19. The summed E-state index contributed by atoms with van der Waals surface area (Å²) in [5.74, 6) is 1.57. The maximum absolute atomic E-state index is 12.8. The zero-order valence-corrected chi connectivity index (χ0v) is 19.9. The number of thiophene rings is 1. The van der Waals surface area contributed by atoms with Gasteiger partial charge in [0.1, 0.15) is 16.4 Å². The molecular formula is C25H30N4O3S. The molecule has 7 nitrogen and oxygen atoms in total. The number of aromatic nitrogens is 2. The molecule has 0 atom stereocenters. The third-order valence-corrected chi connectivity index (χ3v) is 7.94. The molecule has 174 valence electrons. The van der Waals surface area contributed by atoms with E-state index in [-0.39, 0.29) is 11.5 Å². The van der Waals surface area contributed by atoms with Crippen LogP contribution in [0.1, 0.15) is 41.9 Å². The number of hydrogen-bond donors (Lipinski definition) is 1. The molecule has 2 aliphatic rings. The Morgan fingerprint density at radius 3 is 2.79 bits per heavy atom. The first-order valence-electron chi connectivity index (χ1n) is 11.8. The largest absolute Gasteiger partial charge is 0.497 e. The summed E-state index contributed by atoms with van der Waals surface area (Å²) in [5, 5.41) is 0.778. The van der Waals surface area contributed by atoms with Gasteiger partial charge in [-0.3, -0.25) is 9.59 Å². The Balaban J connectivity index is 1.20. The second-order valence-corrected chi connectivity index (χ2v) is 9.91. The van der Waals surface area contributed by atoms with Crippen LogP contribution in [0.3, 0.4) is 0 Å². The van der Waals surface area contributed by atoms with Gasteiger partial charge in [0.2, 0.25) is 5.91 Å². The van der Waals surface area contributed by atoms with E-state index in [1.165, 1.54) is 23.3 Å². The number of methoxy groups -OCH3 is 1. The van der Waals surface area contributed by atoms with E-state index in [1.807, 2.05) is 23.1 Å². The second kappa shape index (κ2) is 9.55. The number of nitrogens with one attached hydrogen (secondary N) is 1. The Hall–Kier alpha value is -2.87. The number of nitrogens with zero attached hydrogens (tertiary/aromatic N) is 3. The lowest BCUT2D eigenvalue weighted by Crippen LogP contribution is -2.48. The SMILES string of the molecule is COc1cccc(N2CCN(C(=O)CCc3nc4sc5c(c4c(=O)[nH]3)CCCCC5)CC2)c1. The van der Waals surface area contributed by atoms with Crippen LogP contribution >= 0.6 is 11.3 Å². The molecule has 1 saturated heterocycles. The highest BCUT2D eigenvalue weighted by Crippen LogP contribution is 2.32. The van der Waals surface area contributed by atoms with E-state index in [0.717, 1.165) is 54.0 Å². The zero-order chi connectivity index (χ0) is 22.8. The molecule has 1 aromatic carbocycles. The summed E-state index contributed by atoms with van der Waals surface area (Å²) in [6.45, 7) is 2.97. The van der Waals surface area contributed by atoms with Gasteiger partial charge in [0, 0.05) is 55.7 Å². The number of piperazine rings is 1. The average molecular weight is 467 g/mol. The van der Waals surface area contributed by atoms with Gasteiger partial charge in [0.25, 0.3) is 5.56 Å². The Morgan fingerprint density at radius 2 is 1.97 bits per heavy atom. The van der Waals surface area contributed by atoms with E-state index in [9.17, 15) is 9.59 Å². The number of fused-ring (bicyclic) bond motifs is 3. The maximum Gasteiger partial charge on any atom is 0.259 e. The van der Waals surface area contributed by atoms with Gasteiger partial charge in [0.15, 0.2) is 0 Å². The fourth-order valence-electron chi connectivity index (χ4n) is 4.91. The van der Waals surface area contributed by atoms with Crippen LogP contribution in [-0.2, 0) is 24.1 Å². The van der Waals surface area contributed by atoms with E-state index in [0.29, 0.717) is 31.8 Å². The van der Waals surface area contributed by atoms with E-state index < -0.39 is 0 Å². The number of H-pyrrole nitrogens is 1. The average Bonchev–Trinajstić information content (AvgIpc) is 3.04. The van der Waals surface area contributed by atoms with E-state index in [4.69, 9.17) is 9.72 Å². The van der Waals surface area contributed by atoms with Gasteiger partial charge >= 0.3 is 0 Å². The predicted octanol–water partition coefficient (Wildman–Crippen LogP) is 3.54. The molecule has 5 rings (SSSR count). The predicted molar refractivity (Wildman–Crippen MR) is 132 cm³/mol. The van der Waals surface area contributed by atoms with Crippen molar-refractivity contribution in [2.75, 3.05) is 38.2 Å². The number of amides is 1. The Labute approximate surface area is 197 Å². The summed E-state index contributed by atoms with van der Waals surface area (Å²) in [6.07, 6.45) is 6.39. The van der Waals surface area contributed by atoms with Gasteiger partial charge in [-0.15, -0.1) is 11.3 Å². The van der Waals surface area contributed by atoms with Crippen LogP contribution in [0, 0.1) is 0 Å². The highest BCUT2D eigenvalue weighted by Gasteiger charge is 2.23. The smallest absolute Gasteiger partial charge is 0.259 e. The lowest BCUT2D eigenvalue weighted by molar-refractivity contribution is -0.131. The van der Waals surface area contributed by atoms with Crippen LogP contribution in [0.15, 0.2) is 29.1 Å². The van der Waals surface area contributed by atoms with Crippen molar-refractivity contribution < 1.29 is 9.53 Å². The molecule has 1 fully saturated rings. The molecule has 0 saturated carbocycles. The summed E-state index contributed by atoms with van der Waals surface area (Å²) in [4.78, 5) is 39.7. The fraction of sp³-hybridized carbons (Fsp3) is 0.480. The third kappa shape index (κ3) is 4.62. The number of hydrogen-bond acceptors (Lipinski definition) is 6. The molecule has 0 bridgehead atoms. The monoisotopic (exact) mass is 466 g/mol. The summed E-state index contributed by atoms with van der Waals surface area (Å²) in [6, 6.07) is 8.02. The van der Waals surface area contributed by atoms with Crippen LogP contribution in [0.2, 0.25) is 0 Å². The second-order valence-electron chi connectivity index (χ2n) is 8.83. The molecule has 0 unspecified atom stereocenters. The van der Waals surface area contributed by atoms with Crippen LogP contribution in [0.4, 0.5) is 5.69 Å². The topological polar surface area (TPSA) is 78.5 Å². The van der Waals surface area contributed by atoms with E-state index in [2.05, 4.69) is 16.0 Å². The maximum atomic E-state index is 12.8. The minimum atomic E-state index is -0.0475. The molecule has 0 radical (unpaired) electrons. The summed E-state index contributed by atoms with van der Waals surface area (Å²) < 4.78 is 5.32. The number of carbonyl (C=O) groups excluding carboxylic acids is 1. The first kappa shape index (κ1) is 21.9. The first-order chi connectivity index (χ1) is 16.1. The summed E-state index contributed by atoms with van der Waals surface area (Å²) >= 11 is 1.66. The van der Waals surface area contributed by atoms with Gasteiger partial charge in [0.05, 0.1) is 12.5 Å². The molecule has 1 amide bonds. The van der Waals surface area contributed by atoms with Crippen LogP contribution < -0.4 is 15.2 Å². The first-order valence-corrected chi connectivity index (χ1v) is 12.6. The lowest BCUT2D eigenvalue weighted by atomic mass is 10.1. The van der Waals surface area contributed by atoms with Crippen molar-refractivity contribution in [2.24, 2.45) is 0 Å². The number of rotatable bonds is 5. The minimum Gasteiger partial charge on any atom is -0.497 e. The minimum absolute atomic E-state index is 0.0475. The van der Waals surface area contributed by atoms with Crippen molar-refractivity contribution in [3.05, 3.63) is 50.9 Å². The van der Waals surface area contributed by atoms with Crippen LogP contribution in [-0.4, -0.2) is 54.1 Å². The number of carbonyl (C=O) groups is 1. The zero-order valence-electron chi connectivity index (χ0n) is 19.1. The molecule has 3 aromatic rings. The van der Waals surface area contributed by atoms with E-state index >= 15 is 0 Å².